The molecule has 2 heterocycles. The first-order chi connectivity index (χ1) is 12.6. The van der Waals surface area contributed by atoms with E-state index in [1.807, 2.05) is 9.80 Å². The molecule has 6 nitrogen and oxygen atoms in total. The summed E-state index contributed by atoms with van der Waals surface area (Å²) in [7, 11) is 0. The molecule has 0 aromatic rings. The lowest BCUT2D eigenvalue weighted by Gasteiger charge is -2.33. The second-order valence-electron chi connectivity index (χ2n) is 7.95. The van der Waals surface area contributed by atoms with Gasteiger partial charge in [-0.1, -0.05) is 12.8 Å². The Bertz CT molecular complexity index is 404. The van der Waals surface area contributed by atoms with E-state index in [9.17, 15) is 9.59 Å². The third-order valence-corrected chi connectivity index (χ3v) is 5.78. The first-order valence-corrected chi connectivity index (χ1v) is 10.7. The van der Waals surface area contributed by atoms with E-state index in [-0.39, 0.29) is 12.1 Å². The zero-order valence-electron chi connectivity index (χ0n) is 16.8. The third-order valence-electron chi connectivity index (χ3n) is 5.78. The molecule has 2 atom stereocenters. The summed E-state index contributed by atoms with van der Waals surface area (Å²) in [6, 6.07) is 0.935. The molecule has 4 amide bonds. The number of piperidine rings is 2. The van der Waals surface area contributed by atoms with Crippen LogP contribution in [0.5, 0.6) is 0 Å². The Morgan fingerprint density at radius 3 is 1.54 bits per heavy atom. The summed E-state index contributed by atoms with van der Waals surface area (Å²) >= 11 is 0. The van der Waals surface area contributed by atoms with E-state index in [0.717, 1.165) is 77.5 Å². The molecule has 0 aliphatic carbocycles. The average molecular weight is 367 g/mol. The summed E-state index contributed by atoms with van der Waals surface area (Å²) in [5.41, 5.74) is 0. The molecule has 2 rings (SSSR count). The van der Waals surface area contributed by atoms with E-state index in [1.54, 1.807) is 0 Å². The van der Waals surface area contributed by atoms with Crippen LogP contribution >= 0.6 is 0 Å². The predicted octanol–water partition coefficient (Wildman–Crippen LogP) is 3.71. The highest BCUT2D eigenvalue weighted by atomic mass is 16.2. The van der Waals surface area contributed by atoms with Crippen molar-refractivity contribution in [3.05, 3.63) is 0 Å². The van der Waals surface area contributed by atoms with E-state index in [4.69, 9.17) is 0 Å². The fraction of sp³-hybridized carbons (Fsp3) is 0.900. The number of urea groups is 2. The van der Waals surface area contributed by atoms with E-state index in [2.05, 4.69) is 24.5 Å². The maximum absolute atomic E-state index is 12.2. The molecule has 0 aromatic heterocycles. The molecule has 2 fully saturated rings. The van der Waals surface area contributed by atoms with Gasteiger partial charge in [0.15, 0.2) is 0 Å². The predicted molar refractivity (Wildman–Crippen MR) is 105 cm³/mol. The Labute approximate surface area is 159 Å². The van der Waals surface area contributed by atoms with Gasteiger partial charge in [0, 0.05) is 38.3 Å². The Kier molecular flexibility index (Phi) is 9.06. The van der Waals surface area contributed by atoms with E-state index < -0.39 is 0 Å². The van der Waals surface area contributed by atoms with Gasteiger partial charge >= 0.3 is 12.1 Å². The van der Waals surface area contributed by atoms with Gasteiger partial charge in [0.05, 0.1) is 0 Å². The minimum Gasteiger partial charge on any atom is -0.338 e. The minimum atomic E-state index is 0.0973. The van der Waals surface area contributed by atoms with Crippen molar-refractivity contribution >= 4 is 12.1 Å². The molecule has 6 heteroatoms. The Morgan fingerprint density at radius 1 is 0.731 bits per heavy atom. The number of carbonyl (C=O) groups is 2. The fourth-order valence-corrected chi connectivity index (χ4v) is 4.00. The smallest absolute Gasteiger partial charge is 0.317 e. The van der Waals surface area contributed by atoms with Gasteiger partial charge in [-0.25, -0.2) is 9.59 Å². The van der Waals surface area contributed by atoms with Crippen LogP contribution in [0.1, 0.15) is 78.1 Å². The van der Waals surface area contributed by atoms with Crippen LogP contribution in [0.2, 0.25) is 0 Å². The summed E-state index contributed by atoms with van der Waals surface area (Å²) in [4.78, 5) is 28.3. The molecule has 0 radical (unpaired) electrons. The van der Waals surface area contributed by atoms with Crippen LogP contribution in [0.4, 0.5) is 9.59 Å². The molecule has 0 saturated carbocycles. The lowest BCUT2D eigenvalue weighted by molar-refractivity contribution is 0.157. The van der Waals surface area contributed by atoms with Gasteiger partial charge < -0.3 is 20.4 Å². The number of carbonyl (C=O) groups excluding carboxylic acids is 2. The van der Waals surface area contributed by atoms with Gasteiger partial charge in [-0.05, 0) is 65.2 Å². The zero-order chi connectivity index (χ0) is 18.8. The second-order valence-corrected chi connectivity index (χ2v) is 7.95. The summed E-state index contributed by atoms with van der Waals surface area (Å²) in [6.07, 6.45) is 11.1. The largest absolute Gasteiger partial charge is 0.338 e. The van der Waals surface area contributed by atoms with Crippen molar-refractivity contribution in [3.8, 4) is 0 Å². The lowest BCUT2D eigenvalue weighted by Crippen LogP contribution is -2.47. The molecule has 0 spiro atoms. The van der Waals surface area contributed by atoms with Crippen molar-refractivity contribution < 1.29 is 9.59 Å². The molecular formula is C20H38N4O2. The van der Waals surface area contributed by atoms with E-state index in [0.29, 0.717) is 12.1 Å². The molecule has 0 aromatic carbocycles. The number of hydrogen-bond donors (Lipinski definition) is 2. The molecule has 2 saturated heterocycles. The van der Waals surface area contributed by atoms with Crippen LogP contribution in [-0.2, 0) is 0 Å². The average Bonchev–Trinajstić information content (AvgIpc) is 2.64. The highest BCUT2D eigenvalue weighted by Gasteiger charge is 2.23. The van der Waals surface area contributed by atoms with Gasteiger partial charge in [-0.3, -0.25) is 0 Å². The van der Waals surface area contributed by atoms with Crippen LogP contribution in [-0.4, -0.2) is 60.1 Å². The Hall–Kier alpha value is -1.46. The summed E-state index contributed by atoms with van der Waals surface area (Å²) < 4.78 is 0. The zero-order valence-corrected chi connectivity index (χ0v) is 16.8. The van der Waals surface area contributed by atoms with Crippen LogP contribution < -0.4 is 10.6 Å². The maximum atomic E-state index is 12.2. The first-order valence-electron chi connectivity index (χ1n) is 10.7. The fourth-order valence-electron chi connectivity index (χ4n) is 4.00. The minimum absolute atomic E-state index is 0.0973. The molecule has 2 aliphatic heterocycles. The van der Waals surface area contributed by atoms with Gasteiger partial charge in [-0.15, -0.1) is 0 Å². The maximum Gasteiger partial charge on any atom is 0.317 e. The van der Waals surface area contributed by atoms with E-state index in [1.165, 1.54) is 12.8 Å². The monoisotopic (exact) mass is 366 g/mol. The Morgan fingerprint density at radius 2 is 1.15 bits per heavy atom. The number of unbranched alkanes of at least 4 members (excludes halogenated alkanes) is 3. The van der Waals surface area contributed by atoms with Crippen LogP contribution in [0.25, 0.3) is 0 Å². The molecule has 150 valence electrons. The van der Waals surface area contributed by atoms with Crippen molar-refractivity contribution in [2.45, 2.75) is 90.1 Å². The molecule has 2 N–H and O–H groups in total. The lowest BCUT2D eigenvalue weighted by atomic mass is 10.0. The highest BCUT2D eigenvalue weighted by molar-refractivity contribution is 5.75. The topological polar surface area (TPSA) is 64.7 Å². The van der Waals surface area contributed by atoms with Crippen molar-refractivity contribution in [3.63, 3.8) is 0 Å². The molecule has 0 bridgehead atoms. The van der Waals surface area contributed by atoms with Crippen molar-refractivity contribution in [1.82, 2.24) is 20.4 Å². The van der Waals surface area contributed by atoms with Crippen LogP contribution in [0.15, 0.2) is 0 Å². The van der Waals surface area contributed by atoms with Gasteiger partial charge in [0.2, 0.25) is 0 Å². The normalized spacial score (nSPS) is 23.6. The van der Waals surface area contributed by atoms with Crippen LogP contribution in [0.3, 0.4) is 0 Å². The number of nitrogens with zero attached hydrogens (tertiary/aromatic N) is 2. The van der Waals surface area contributed by atoms with E-state index >= 15 is 0 Å². The van der Waals surface area contributed by atoms with Gasteiger partial charge in [0.1, 0.15) is 0 Å². The second kappa shape index (κ2) is 11.3. The number of likely N-dealkylation sites (tertiary alicyclic amines) is 2. The SMILES string of the molecule is C[C@@H]1CCCCN1C(=O)NCCCCCCNC(=O)N1CCCC[C@@H]1C. The molecular weight excluding hydrogens is 328 g/mol. The van der Waals surface area contributed by atoms with Crippen molar-refractivity contribution in [2.75, 3.05) is 26.2 Å². The highest BCUT2D eigenvalue weighted by Crippen LogP contribution is 2.17. The van der Waals surface area contributed by atoms with Crippen LogP contribution in [0, 0.1) is 0 Å². The molecule has 26 heavy (non-hydrogen) atoms. The first kappa shape index (κ1) is 20.8. The number of rotatable bonds is 7. The number of hydrogen-bond acceptors (Lipinski definition) is 2. The summed E-state index contributed by atoms with van der Waals surface area (Å²) in [6.45, 7) is 7.55. The summed E-state index contributed by atoms with van der Waals surface area (Å²) in [5, 5.41) is 6.10. The number of amides is 4. The van der Waals surface area contributed by atoms with Crippen molar-refractivity contribution in [1.29, 1.82) is 0 Å². The third kappa shape index (κ3) is 6.69. The summed E-state index contributed by atoms with van der Waals surface area (Å²) in [5.74, 6) is 0. The van der Waals surface area contributed by atoms with Gasteiger partial charge in [-0.2, -0.15) is 0 Å². The van der Waals surface area contributed by atoms with Gasteiger partial charge in [0.25, 0.3) is 0 Å². The molecule has 0 unspecified atom stereocenters. The quantitative estimate of drug-likeness (QED) is 0.675. The molecule has 2 aliphatic rings. The number of nitrogens with one attached hydrogen (secondary N) is 2. The Balaban J connectivity index is 1.45. The standard InChI is InChI=1S/C20H38N4O2/c1-17-11-5-9-15-23(17)19(25)21-13-7-3-4-8-14-22-20(26)24-16-10-6-12-18(24)2/h17-18H,3-16H2,1-2H3,(H,21,25)(H,22,26)/t17-,18+. The van der Waals surface area contributed by atoms with Crippen molar-refractivity contribution in [2.24, 2.45) is 0 Å².